The van der Waals surface area contributed by atoms with Crippen LogP contribution in [0.15, 0.2) is 33.5 Å². The van der Waals surface area contributed by atoms with E-state index < -0.39 is 34.7 Å². The lowest BCUT2D eigenvalue weighted by molar-refractivity contribution is -0.140. The average molecular weight is 407 g/mol. The Labute approximate surface area is 166 Å². The number of ether oxygens (including phenoxy) is 1. The van der Waals surface area contributed by atoms with Crippen LogP contribution in [0.5, 0.6) is 5.75 Å². The van der Waals surface area contributed by atoms with Crippen molar-refractivity contribution in [2.75, 3.05) is 20.2 Å². The Morgan fingerprint density at radius 2 is 1.93 bits per heavy atom. The standard InChI is InChI=1S/C21H23F2NO5/c1-28-19(26)11-15(13-5-6-16(22)17(23)9-13)21-20(27)18(25)10-14(29-21)12-24-7-3-2-4-8-24/h5-6,9-10,15,27H,2-4,7-8,11-12H2,1H3. The van der Waals surface area contributed by atoms with Gasteiger partial charge < -0.3 is 14.3 Å². The predicted octanol–water partition coefficient (Wildman–Crippen LogP) is 3.30. The quantitative estimate of drug-likeness (QED) is 0.740. The molecule has 0 aliphatic carbocycles. The number of piperidine rings is 1. The van der Waals surface area contributed by atoms with Crippen LogP contribution in [0.3, 0.4) is 0 Å². The molecule has 1 N–H and O–H groups in total. The molecule has 1 aromatic carbocycles. The maximum atomic E-state index is 13.8. The topological polar surface area (TPSA) is 80.0 Å². The first-order chi connectivity index (χ1) is 13.9. The second-order valence-corrected chi connectivity index (χ2v) is 7.13. The van der Waals surface area contributed by atoms with Crippen LogP contribution < -0.4 is 5.43 Å². The average Bonchev–Trinajstić information content (AvgIpc) is 2.71. The van der Waals surface area contributed by atoms with Gasteiger partial charge in [-0.25, -0.2) is 8.78 Å². The Morgan fingerprint density at radius 3 is 2.59 bits per heavy atom. The van der Waals surface area contributed by atoms with Gasteiger partial charge in [0.25, 0.3) is 0 Å². The third-order valence-electron chi connectivity index (χ3n) is 5.09. The third-order valence-corrected chi connectivity index (χ3v) is 5.09. The fourth-order valence-corrected chi connectivity index (χ4v) is 3.55. The molecule has 1 aliphatic rings. The number of carbonyl (C=O) groups is 1. The fourth-order valence-electron chi connectivity index (χ4n) is 3.55. The maximum Gasteiger partial charge on any atom is 0.306 e. The van der Waals surface area contributed by atoms with Crippen LogP contribution in [0.25, 0.3) is 0 Å². The van der Waals surface area contributed by atoms with E-state index in [-0.39, 0.29) is 17.7 Å². The van der Waals surface area contributed by atoms with Crippen LogP contribution in [0.4, 0.5) is 8.78 Å². The summed E-state index contributed by atoms with van der Waals surface area (Å²) in [5.41, 5.74) is -0.474. The molecule has 1 unspecified atom stereocenters. The van der Waals surface area contributed by atoms with Gasteiger partial charge in [0.1, 0.15) is 5.76 Å². The molecule has 6 nitrogen and oxygen atoms in total. The number of methoxy groups -OCH3 is 1. The van der Waals surface area contributed by atoms with Crippen molar-refractivity contribution >= 4 is 5.97 Å². The zero-order chi connectivity index (χ0) is 21.0. The van der Waals surface area contributed by atoms with Gasteiger partial charge in [0.05, 0.1) is 26.0 Å². The van der Waals surface area contributed by atoms with Gasteiger partial charge in [-0.1, -0.05) is 12.5 Å². The van der Waals surface area contributed by atoms with Gasteiger partial charge in [-0.15, -0.1) is 0 Å². The molecule has 2 heterocycles. The molecule has 1 aromatic heterocycles. The van der Waals surface area contributed by atoms with E-state index >= 15 is 0 Å². The lowest BCUT2D eigenvalue weighted by atomic mass is 9.92. The van der Waals surface area contributed by atoms with Gasteiger partial charge in [0.15, 0.2) is 17.4 Å². The lowest BCUT2D eigenvalue weighted by Gasteiger charge is -2.26. The number of likely N-dealkylation sites (tertiary alicyclic amines) is 1. The number of hydrogen-bond acceptors (Lipinski definition) is 6. The molecule has 0 saturated carbocycles. The van der Waals surface area contributed by atoms with Gasteiger partial charge in [0, 0.05) is 6.07 Å². The lowest BCUT2D eigenvalue weighted by Crippen LogP contribution is -2.29. The number of esters is 1. The number of nitrogens with zero attached hydrogens (tertiary/aromatic N) is 1. The number of rotatable bonds is 6. The molecule has 8 heteroatoms. The molecule has 0 spiro atoms. The SMILES string of the molecule is COC(=O)CC(c1ccc(F)c(F)c1)c1oc(CN2CCCCC2)cc(=O)c1O. The first-order valence-corrected chi connectivity index (χ1v) is 9.49. The summed E-state index contributed by atoms with van der Waals surface area (Å²) in [5, 5.41) is 10.3. The summed E-state index contributed by atoms with van der Waals surface area (Å²) >= 11 is 0. The van der Waals surface area contributed by atoms with Crippen molar-refractivity contribution in [1.82, 2.24) is 4.90 Å². The molecule has 0 radical (unpaired) electrons. The highest BCUT2D eigenvalue weighted by molar-refractivity contribution is 5.71. The van der Waals surface area contributed by atoms with E-state index in [2.05, 4.69) is 9.64 Å². The van der Waals surface area contributed by atoms with E-state index in [0.29, 0.717) is 12.3 Å². The van der Waals surface area contributed by atoms with E-state index in [1.807, 2.05) is 0 Å². The summed E-state index contributed by atoms with van der Waals surface area (Å²) in [6, 6.07) is 4.33. The van der Waals surface area contributed by atoms with Crippen LogP contribution in [0.2, 0.25) is 0 Å². The summed E-state index contributed by atoms with van der Waals surface area (Å²) in [4.78, 5) is 26.4. The first kappa shape index (κ1) is 21.0. The minimum absolute atomic E-state index is 0.166. The van der Waals surface area contributed by atoms with Crippen LogP contribution in [-0.2, 0) is 16.1 Å². The van der Waals surface area contributed by atoms with Gasteiger partial charge in [0.2, 0.25) is 11.2 Å². The number of hydrogen-bond donors (Lipinski definition) is 1. The fraction of sp³-hybridized carbons (Fsp3) is 0.429. The Hall–Kier alpha value is -2.74. The summed E-state index contributed by atoms with van der Waals surface area (Å²) < 4.78 is 37.6. The zero-order valence-electron chi connectivity index (χ0n) is 16.1. The highest BCUT2D eigenvalue weighted by Crippen LogP contribution is 2.34. The highest BCUT2D eigenvalue weighted by atomic mass is 19.2. The maximum absolute atomic E-state index is 13.8. The van der Waals surface area contributed by atoms with Crippen LogP contribution in [0.1, 0.15) is 48.7 Å². The second kappa shape index (κ2) is 9.17. The van der Waals surface area contributed by atoms with Crippen molar-refractivity contribution in [3.8, 4) is 5.75 Å². The third kappa shape index (κ3) is 5.00. The van der Waals surface area contributed by atoms with Crippen LogP contribution in [0, 0.1) is 11.6 Å². The van der Waals surface area contributed by atoms with E-state index in [1.165, 1.54) is 19.2 Å². The molecule has 3 rings (SSSR count). The van der Waals surface area contributed by atoms with Crippen LogP contribution in [-0.4, -0.2) is 36.2 Å². The summed E-state index contributed by atoms with van der Waals surface area (Å²) in [6.07, 6.45) is 2.94. The first-order valence-electron chi connectivity index (χ1n) is 9.49. The van der Waals surface area contributed by atoms with Gasteiger partial charge in [-0.05, 0) is 43.6 Å². The number of aromatic hydroxyl groups is 1. The predicted molar refractivity (Wildman–Crippen MR) is 101 cm³/mol. The van der Waals surface area contributed by atoms with Crippen molar-refractivity contribution in [2.24, 2.45) is 0 Å². The minimum atomic E-state index is -1.11. The molecule has 1 fully saturated rings. The van der Waals surface area contributed by atoms with Crippen molar-refractivity contribution in [3.63, 3.8) is 0 Å². The number of halogens is 2. The van der Waals surface area contributed by atoms with E-state index in [0.717, 1.165) is 44.5 Å². The molecule has 29 heavy (non-hydrogen) atoms. The normalized spacial score (nSPS) is 15.8. The molecular formula is C21H23F2NO5. The summed E-state index contributed by atoms with van der Waals surface area (Å²) in [6.45, 7) is 2.12. The van der Waals surface area contributed by atoms with Crippen molar-refractivity contribution in [3.05, 3.63) is 63.2 Å². The van der Waals surface area contributed by atoms with E-state index in [1.54, 1.807) is 0 Å². The molecule has 2 aromatic rings. The zero-order valence-corrected chi connectivity index (χ0v) is 16.1. The molecule has 1 atom stereocenters. The summed E-state index contributed by atoms with van der Waals surface area (Å²) in [7, 11) is 1.19. The summed E-state index contributed by atoms with van der Waals surface area (Å²) in [5.74, 6) is -4.30. The number of benzene rings is 1. The molecular weight excluding hydrogens is 384 g/mol. The van der Waals surface area contributed by atoms with Gasteiger partial charge in [-0.2, -0.15) is 0 Å². The Bertz CT molecular complexity index is 937. The molecule has 0 amide bonds. The largest absolute Gasteiger partial charge is 0.502 e. The van der Waals surface area contributed by atoms with Crippen molar-refractivity contribution < 1.29 is 27.8 Å². The second-order valence-electron chi connectivity index (χ2n) is 7.13. The van der Waals surface area contributed by atoms with Gasteiger partial charge in [-0.3, -0.25) is 14.5 Å². The van der Waals surface area contributed by atoms with Crippen molar-refractivity contribution in [1.29, 1.82) is 0 Å². The van der Waals surface area contributed by atoms with Gasteiger partial charge >= 0.3 is 5.97 Å². The number of carbonyl (C=O) groups excluding carboxylic acids is 1. The Kier molecular flexibility index (Phi) is 6.64. The minimum Gasteiger partial charge on any atom is -0.502 e. The van der Waals surface area contributed by atoms with E-state index in [9.17, 15) is 23.5 Å². The molecule has 1 aliphatic heterocycles. The smallest absolute Gasteiger partial charge is 0.306 e. The highest BCUT2D eigenvalue weighted by Gasteiger charge is 2.27. The Morgan fingerprint density at radius 1 is 1.21 bits per heavy atom. The van der Waals surface area contributed by atoms with E-state index in [4.69, 9.17) is 4.42 Å². The molecule has 1 saturated heterocycles. The molecule has 0 bridgehead atoms. The van der Waals surface area contributed by atoms with Crippen molar-refractivity contribution in [2.45, 2.75) is 38.1 Å². The monoisotopic (exact) mass is 407 g/mol. The molecule has 156 valence electrons. The van der Waals surface area contributed by atoms with Crippen LogP contribution >= 0.6 is 0 Å². The Balaban J connectivity index is 2.02.